The highest BCUT2D eigenvalue weighted by Crippen LogP contribution is 2.24. The van der Waals surface area contributed by atoms with Crippen LogP contribution in [0, 0.1) is 0 Å². The zero-order chi connectivity index (χ0) is 16.4. The Morgan fingerprint density at radius 2 is 1.87 bits per heavy atom. The van der Waals surface area contributed by atoms with Crippen LogP contribution in [0.15, 0.2) is 52.7 Å². The molecule has 1 aromatic heterocycles. The third-order valence-electron chi connectivity index (χ3n) is 3.26. The van der Waals surface area contributed by atoms with Crippen molar-refractivity contribution in [3.8, 4) is 5.75 Å². The molecule has 0 aliphatic carbocycles. The predicted octanol–water partition coefficient (Wildman–Crippen LogP) is 1.95. The van der Waals surface area contributed by atoms with Gasteiger partial charge < -0.3 is 9.15 Å². The van der Waals surface area contributed by atoms with E-state index in [0.29, 0.717) is 17.2 Å². The molecule has 116 valence electrons. The molecule has 4 amide bonds. The number of rotatable bonds is 3. The van der Waals surface area contributed by atoms with Crippen molar-refractivity contribution in [2.24, 2.45) is 0 Å². The molecule has 1 N–H and O–H groups in total. The maximum absolute atomic E-state index is 12.5. The van der Waals surface area contributed by atoms with E-state index in [9.17, 15) is 14.4 Å². The maximum atomic E-state index is 12.5. The molecular weight excluding hydrogens is 300 g/mol. The minimum absolute atomic E-state index is 0.185. The van der Waals surface area contributed by atoms with Gasteiger partial charge in [-0.15, -0.1) is 0 Å². The Morgan fingerprint density at radius 3 is 2.48 bits per heavy atom. The number of benzene rings is 1. The SMILES string of the molecule is COc1ccc(N2C(=O)NC(=O)C(=Cc3ccco3)C2=O)cc1. The van der Waals surface area contributed by atoms with E-state index in [-0.39, 0.29) is 5.57 Å². The Hall–Kier alpha value is -3.35. The number of nitrogens with zero attached hydrogens (tertiary/aromatic N) is 1. The standard InChI is InChI=1S/C16H12N2O5/c1-22-11-6-4-10(5-7-11)18-15(20)13(14(19)17-16(18)21)9-12-3-2-8-23-12/h2-9H,1H3,(H,17,19,21). The molecule has 7 nitrogen and oxygen atoms in total. The fraction of sp³-hybridized carbons (Fsp3) is 0.0625. The Balaban J connectivity index is 1.98. The zero-order valence-corrected chi connectivity index (χ0v) is 12.1. The van der Waals surface area contributed by atoms with Crippen molar-refractivity contribution in [2.75, 3.05) is 12.0 Å². The van der Waals surface area contributed by atoms with Gasteiger partial charge in [0.2, 0.25) is 0 Å². The lowest BCUT2D eigenvalue weighted by atomic mass is 10.1. The molecule has 1 aliphatic rings. The van der Waals surface area contributed by atoms with Crippen molar-refractivity contribution in [3.05, 3.63) is 54.0 Å². The number of methoxy groups -OCH3 is 1. The zero-order valence-electron chi connectivity index (χ0n) is 12.1. The molecule has 2 aromatic rings. The van der Waals surface area contributed by atoms with E-state index in [1.165, 1.54) is 19.4 Å². The van der Waals surface area contributed by atoms with Crippen LogP contribution in [-0.4, -0.2) is 25.0 Å². The van der Waals surface area contributed by atoms with E-state index in [2.05, 4.69) is 5.32 Å². The van der Waals surface area contributed by atoms with Crippen molar-refractivity contribution in [1.82, 2.24) is 5.32 Å². The van der Waals surface area contributed by atoms with Gasteiger partial charge >= 0.3 is 6.03 Å². The first kappa shape index (κ1) is 14.6. The highest BCUT2D eigenvalue weighted by Gasteiger charge is 2.36. The van der Waals surface area contributed by atoms with Crippen LogP contribution in [0.1, 0.15) is 5.76 Å². The summed E-state index contributed by atoms with van der Waals surface area (Å²) < 4.78 is 10.1. The first-order valence-corrected chi connectivity index (χ1v) is 6.69. The summed E-state index contributed by atoms with van der Waals surface area (Å²) in [4.78, 5) is 37.3. The van der Waals surface area contributed by atoms with E-state index in [0.717, 1.165) is 4.90 Å². The van der Waals surface area contributed by atoms with Gasteiger partial charge in [-0.05, 0) is 42.5 Å². The number of barbiturate groups is 1. The number of amides is 4. The highest BCUT2D eigenvalue weighted by atomic mass is 16.5. The summed E-state index contributed by atoms with van der Waals surface area (Å²) in [5.74, 6) is -0.560. The van der Waals surface area contributed by atoms with Gasteiger partial charge in [0.25, 0.3) is 11.8 Å². The van der Waals surface area contributed by atoms with Crippen LogP contribution in [0.4, 0.5) is 10.5 Å². The average molecular weight is 312 g/mol. The Bertz CT molecular complexity index is 790. The molecule has 2 heterocycles. The Morgan fingerprint density at radius 1 is 1.13 bits per heavy atom. The van der Waals surface area contributed by atoms with Crippen molar-refractivity contribution in [3.63, 3.8) is 0 Å². The molecule has 0 atom stereocenters. The molecule has 1 fully saturated rings. The highest BCUT2D eigenvalue weighted by molar-refractivity contribution is 6.39. The summed E-state index contributed by atoms with van der Waals surface area (Å²) in [6, 6.07) is 8.76. The van der Waals surface area contributed by atoms with Crippen LogP contribution in [0.5, 0.6) is 5.75 Å². The molecule has 0 radical (unpaired) electrons. The van der Waals surface area contributed by atoms with E-state index in [1.54, 1.807) is 36.4 Å². The molecule has 0 unspecified atom stereocenters. The molecule has 0 spiro atoms. The molecule has 1 aromatic carbocycles. The van der Waals surface area contributed by atoms with Crippen LogP contribution in [-0.2, 0) is 9.59 Å². The summed E-state index contributed by atoms with van der Waals surface area (Å²) in [5, 5.41) is 2.14. The summed E-state index contributed by atoms with van der Waals surface area (Å²) in [6.07, 6.45) is 2.71. The first-order chi connectivity index (χ1) is 11.1. The van der Waals surface area contributed by atoms with Crippen LogP contribution >= 0.6 is 0 Å². The number of hydrogen-bond acceptors (Lipinski definition) is 5. The van der Waals surface area contributed by atoms with Gasteiger partial charge in [-0.25, -0.2) is 9.69 Å². The van der Waals surface area contributed by atoms with E-state index >= 15 is 0 Å². The smallest absolute Gasteiger partial charge is 0.335 e. The molecule has 1 aliphatic heterocycles. The fourth-order valence-electron chi connectivity index (χ4n) is 2.14. The average Bonchev–Trinajstić information content (AvgIpc) is 3.05. The second kappa shape index (κ2) is 5.80. The number of anilines is 1. The number of carbonyl (C=O) groups excluding carboxylic acids is 3. The fourth-order valence-corrected chi connectivity index (χ4v) is 2.14. The van der Waals surface area contributed by atoms with Gasteiger partial charge in [0, 0.05) is 0 Å². The predicted molar refractivity (Wildman–Crippen MR) is 80.7 cm³/mol. The second-order valence-corrected chi connectivity index (χ2v) is 4.67. The van der Waals surface area contributed by atoms with Gasteiger partial charge in [0.15, 0.2) is 0 Å². The van der Waals surface area contributed by atoms with Crippen LogP contribution in [0.3, 0.4) is 0 Å². The first-order valence-electron chi connectivity index (χ1n) is 6.69. The normalized spacial score (nSPS) is 16.7. The van der Waals surface area contributed by atoms with Gasteiger partial charge in [-0.3, -0.25) is 14.9 Å². The van der Waals surface area contributed by atoms with Crippen molar-refractivity contribution in [2.45, 2.75) is 0 Å². The van der Waals surface area contributed by atoms with Crippen LogP contribution in [0.2, 0.25) is 0 Å². The summed E-state index contributed by atoms with van der Waals surface area (Å²) in [7, 11) is 1.51. The number of imide groups is 2. The monoisotopic (exact) mass is 312 g/mol. The molecule has 3 rings (SSSR count). The third kappa shape index (κ3) is 2.71. The molecule has 23 heavy (non-hydrogen) atoms. The summed E-state index contributed by atoms with van der Waals surface area (Å²) in [5.41, 5.74) is 0.140. The van der Waals surface area contributed by atoms with Gasteiger partial charge in [-0.1, -0.05) is 0 Å². The summed E-state index contributed by atoms with van der Waals surface area (Å²) >= 11 is 0. The largest absolute Gasteiger partial charge is 0.497 e. The van der Waals surface area contributed by atoms with E-state index < -0.39 is 17.8 Å². The van der Waals surface area contributed by atoms with Gasteiger partial charge in [0.1, 0.15) is 17.1 Å². The van der Waals surface area contributed by atoms with E-state index in [1.807, 2.05) is 0 Å². The number of carbonyl (C=O) groups is 3. The molecule has 0 bridgehead atoms. The lowest BCUT2D eigenvalue weighted by molar-refractivity contribution is -0.122. The third-order valence-corrected chi connectivity index (χ3v) is 3.26. The number of ether oxygens (including phenoxy) is 1. The minimum atomic E-state index is -0.804. The van der Waals surface area contributed by atoms with Crippen LogP contribution in [0.25, 0.3) is 6.08 Å². The Labute approximate surface area is 131 Å². The van der Waals surface area contributed by atoms with Crippen molar-refractivity contribution in [1.29, 1.82) is 0 Å². The molecule has 0 saturated carbocycles. The van der Waals surface area contributed by atoms with Gasteiger partial charge in [0.05, 0.1) is 19.1 Å². The van der Waals surface area contributed by atoms with E-state index in [4.69, 9.17) is 9.15 Å². The lowest BCUT2D eigenvalue weighted by Gasteiger charge is -2.26. The number of urea groups is 1. The minimum Gasteiger partial charge on any atom is -0.497 e. The quantitative estimate of drug-likeness (QED) is 0.691. The molecular formula is C16H12N2O5. The Kier molecular flexibility index (Phi) is 3.68. The number of hydrogen-bond donors (Lipinski definition) is 1. The summed E-state index contributed by atoms with van der Waals surface area (Å²) in [6.45, 7) is 0. The van der Waals surface area contributed by atoms with Crippen molar-refractivity contribution >= 4 is 29.6 Å². The number of nitrogens with one attached hydrogen (secondary N) is 1. The van der Waals surface area contributed by atoms with Crippen LogP contribution < -0.4 is 15.0 Å². The van der Waals surface area contributed by atoms with Crippen molar-refractivity contribution < 1.29 is 23.5 Å². The topological polar surface area (TPSA) is 88.8 Å². The number of furan rings is 1. The molecule has 7 heteroatoms. The second-order valence-electron chi connectivity index (χ2n) is 4.67. The maximum Gasteiger partial charge on any atom is 0.335 e. The van der Waals surface area contributed by atoms with Gasteiger partial charge in [-0.2, -0.15) is 0 Å². The lowest BCUT2D eigenvalue weighted by Crippen LogP contribution is -2.54. The molecule has 1 saturated heterocycles.